The highest BCUT2D eigenvalue weighted by atomic mass is 32.2. The lowest BCUT2D eigenvalue weighted by atomic mass is 9.79. The van der Waals surface area contributed by atoms with E-state index >= 15 is 0 Å². The smallest absolute Gasteiger partial charge is 0.174 e. The van der Waals surface area contributed by atoms with Crippen molar-refractivity contribution in [1.29, 1.82) is 0 Å². The summed E-state index contributed by atoms with van der Waals surface area (Å²) >= 11 is 1.76. The van der Waals surface area contributed by atoms with Gasteiger partial charge in [-0.05, 0) is 25.2 Å². The summed E-state index contributed by atoms with van der Waals surface area (Å²) in [4.78, 5) is 12.7. The van der Waals surface area contributed by atoms with Crippen LogP contribution in [0, 0.1) is 5.92 Å². The molecule has 2 heterocycles. The summed E-state index contributed by atoms with van der Waals surface area (Å²) in [5.74, 6) is 0.565. The molecular weight excluding hydrogens is 260 g/mol. The zero-order valence-electron chi connectivity index (χ0n) is 11.3. The summed E-state index contributed by atoms with van der Waals surface area (Å²) in [7, 11) is 0. The zero-order valence-corrected chi connectivity index (χ0v) is 12.1. The molecule has 0 saturated carbocycles. The standard InChI is InChI=1S/C15H20O3S/c1-4-11-13(5-2)18-10-12(14(11)16)15(19-3)6-8-17-9-7-15/h4-5,12H,1-2,6-10H2,3H3. The third kappa shape index (κ3) is 2.51. The number of rotatable bonds is 4. The van der Waals surface area contributed by atoms with Crippen LogP contribution in [0.3, 0.4) is 0 Å². The number of ether oxygens (including phenoxy) is 2. The molecule has 3 nitrogen and oxygen atoms in total. The van der Waals surface area contributed by atoms with Crippen LogP contribution >= 0.6 is 11.8 Å². The number of hydrogen-bond donors (Lipinski definition) is 0. The van der Waals surface area contributed by atoms with Gasteiger partial charge in [-0.1, -0.05) is 19.2 Å². The minimum atomic E-state index is -0.122. The Kier molecular flexibility index (Phi) is 4.53. The van der Waals surface area contributed by atoms with Gasteiger partial charge in [-0.25, -0.2) is 0 Å². The normalized spacial score (nSPS) is 26.8. The highest BCUT2D eigenvalue weighted by molar-refractivity contribution is 8.00. The minimum absolute atomic E-state index is 0.0731. The van der Waals surface area contributed by atoms with Crippen LogP contribution in [0.2, 0.25) is 0 Å². The van der Waals surface area contributed by atoms with Gasteiger partial charge in [-0.2, -0.15) is 11.8 Å². The van der Waals surface area contributed by atoms with Gasteiger partial charge in [0, 0.05) is 18.0 Å². The maximum Gasteiger partial charge on any atom is 0.174 e. The minimum Gasteiger partial charge on any atom is -0.492 e. The van der Waals surface area contributed by atoms with Crippen molar-refractivity contribution < 1.29 is 14.3 Å². The Hall–Kier alpha value is -1.00. The molecule has 4 heteroatoms. The predicted molar refractivity (Wildman–Crippen MR) is 78.2 cm³/mol. The second-order valence-corrected chi connectivity index (χ2v) is 6.02. The van der Waals surface area contributed by atoms with E-state index in [9.17, 15) is 4.79 Å². The first-order valence-electron chi connectivity index (χ1n) is 6.47. The first-order valence-corrected chi connectivity index (χ1v) is 7.70. The highest BCUT2D eigenvalue weighted by Crippen LogP contribution is 2.44. The Bertz CT molecular complexity index is 419. The fraction of sp³-hybridized carbons (Fsp3) is 0.533. The molecule has 1 atom stereocenters. The highest BCUT2D eigenvalue weighted by Gasteiger charge is 2.46. The molecule has 0 spiro atoms. The van der Waals surface area contributed by atoms with Gasteiger partial charge in [0.25, 0.3) is 0 Å². The van der Waals surface area contributed by atoms with E-state index in [2.05, 4.69) is 19.4 Å². The Morgan fingerprint density at radius 2 is 2.00 bits per heavy atom. The molecule has 2 aliphatic rings. The summed E-state index contributed by atoms with van der Waals surface area (Å²) in [5, 5.41) is 0. The second kappa shape index (κ2) is 5.97. The van der Waals surface area contributed by atoms with Crippen molar-refractivity contribution in [3.8, 4) is 0 Å². The van der Waals surface area contributed by atoms with Crippen LogP contribution in [0.25, 0.3) is 0 Å². The molecule has 0 aliphatic carbocycles. The van der Waals surface area contributed by atoms with E-state index in [0.29, 0.717) is 31.2 Å². The maximum atomic E-state index is 12.7. The zero-order chi connectivity index (χ0) is 13.9. The molecule has 0 radical (unpaired) electrons. The fourth-order valence-electron chi connectivity index (χ4n) is 2.81. The van der Waals surface area contributed by atoms with E-state index in [1.165, 1.54) is 0 Å². The van der Waals surface area contributed by atoms with Gasteiger partial charge in [0.2, 0.25) is 0 Å². The average Bonchev–Trinajstić information content (AvgIpc) is 2.47. The average molecular weight is 280 g/mol. The SMILES string of the molecule is C=CC1=C(C=C)C(=O)C(C2(SC)CCOCC2)CO1. The number of carbonyl (C=O) groups is 1. The van der Waals surface area contributed by atoms with E-state index in [0.717, 1.165) is 12.8 Å². The van der Waals surface area contributed by atoms with Crippen molar-refractivity contribution in [2.24, 2.45) is 5.92 Å². The third-order valence-corrected chi connectivity index (χ3v) is 5.53. The monoisotopic (exact) mass is 280 g/mol. The molecule has 19 heavy (non-hydrogen) atoms. The Morgan fingerprint density at radius 1 is 1.32 bits per heavy atom. The van der Waals surface area contributed by atoms with Gasteiger partial charge in [-0.3, -0.25) is 4.79 Å². The Balaban J connectivity index is 2.31. The molecule has 1 unspecified atom stereocenters. The van der Waals surface area contributed by atoms with Crippen molar-refractivity contribution in [1.82, 2.24) is 0 Å². The van der Waals surface area contributed by atoms with Gasteiger partial charge in [0.1, 0.15) is 5.76 Å². The molecule has 0 aromatic carbocycles. The number of hydrogen-bond acceptors (Lipinski definition) is 4. The molecule has 0 N–H and O–H groups in total. The lowest BCUT2D eigenvalue weighted by Crippen LogP contribution is -2.48. The summed E-state index contributed by atoms with van der Waals surface area (Å²) in [6, 6.07) is 0. The van der Waals surface area contributed by atoms with E-state index in [1.807, 2.05) is 0 Å². The van der Waals surface area contributed by atoms with Crippen LogP contribution in [0.1, 0.15) is 12.8 Å². The number of allylic oxidation sites excluding steroid dienone is 3. The van der Waals surface area contributed by atoms with Gasteiger partial charge in [-0.15, -0.1) is 0 Å². The maximum absolute atomic E-state index is 12.7. The molecule has 1 saturated heterocycles. The van der Waals surface area contributed by atoms with Crippen LogP contribution in [0.15, 0.2) is 36.6 Å². The molecule has 2 rings (SSSR count). The lowest BCUT2D eigenvalue weighted by molar-refractivity contribution is -0.124. The molecule has 1 fully saturated rings. The molecular formula is C15H20O3S. The van der Waals surface area contributed by atoms with Crippen molar-refractivity contribution >= 4 is 17.5 Å². The van der Waals surface area contributed by atoms with Crippen molar-refractivity contribution in [3.63, 3.8) is 0 Å². The Morgan fingerprint density at radius 3 is 2.53 bits per heavy atom. The van der Waals surface area contributed by atoms with Gasteiger partial charge in [0.15, 0.2) is 5.78 Å². The molecule has 104 valence electrons. The summed E-state index contributed by atoms with van der Waals surface area (Å²) in [5.41, 5.74) is 0.561. The second-order valence-electron chi connectivity index (χ2n) is 4.80. The van der Waals surface area contributed by atoms with Crippen molar-refractivity contribution in [3.05, 3.63) is 36.6 Å². The molecule has 2 aliphatic heterocycles. The topological polar surface area (TPSA) is 35.5 Å². The van der Waals surface area contributed by atoms with E-state index in [1.54, 1.807) is 23.9 Å². The van der Waals surface area contributed by atoms with Crippen LogP contribution in [-0.4, -0.2) is 36.6 Å². The number of thioether (sulfide) groups is 1. The van der Waals surface area contributed by atoms with E-state index in [-0.39, 0.29) is 16.4 Å². The Labute approximate surface area is 118 Å². The summed E-state index contributed by atoms with van der Waals surface area (Å²) in [6.07, 6.45) is 7.02. The third-order valence-electron chi connectivity index (χ3n) is 4.02. The van der Waals surface area contributed by atoms with E-state index < -0.39 is 0 Å². The first kappa shape index (κ1) is 14.4. The van der Waals surface area contributed by atoms with Gasteiger partial charge in [0.05, 0.1) is 18.1 Å². The number of Topliss-reactive ketones (excluding diaryl/α,β-unsaturated/α-hetero) is 1. The van der Waals surface area contributed by atoms with E-state index in [4.69, 9.17) is 9.47 Å². The number of carbonyl (C=O) groups excluding carboxylic acids is 1. The largest absolute Gasteiger partial charge is 0.492 e. The van der Waals surface area contributed by atoms with Crippen LogP contribution in [0.5, 0.6) is 0 Å². The van der Waals surface area contributed by atoms with Crippen molar-refractivity contribution in [2.75, 3.05) is 26.1 Å². The summed E-state index contributed by atoms with van der Waals surface area (Å²) in [6.45, 7) is 9.26. The van der Waals surface area contributed by atoms with Gasteiger partial charge < -0.3 is 9.47 Å². The molecule has 0 aromatic rings. The summed E-state index contributed by atoms with van der Waals surface area (Å²) < 4.78 is 11.1. The lowest BCUT2D eigenvalue weighted by Gasteiger charge is -2.42. The van der Waals surface area contributed by atoms with Crippen LogP contribution in [0.4, 0.5) is 0 Å². The number of ketones is 1. The molecule has 0 bridgehead atoms. The first-order chi connectivity index (χ1) is 9.18. The fourth-order valence-corrected chi connectivity index (χ4v) is 3.84. The van der Waals surface area contributed by atoms with Crippen LogP contribution in [-0.2, 0) is 14.3 Å². The van der Waals surface area contributed by atoms with Gasteiger partial charge >= 0.3 is 0 Å². The molecule has 0 aromatic heterocycles. The quantitative estimate of drug-likeness (QED) is 0.793. The van der Waals surface area contributed by atoms with Crippen LogP contribution < -0.4 is 0 Å². The predicted octanol–water partition coefficient (Wildman–Crippen LogP) is 2.74. The van der Waals surface area contributed by atoms with Crippen molar-refractivity contribution in [2.45, 2.75) is 17.6 Å². The molecule has 0 amide bonds.